The minimum atomic E-state index is -0.265. The highest BCUT2D eigenvalue weighted by atomic mass is 16.5. The van der Waals surface area contributed by atoms with E-state index in [2.05, 4.69) is 13.8 Å². The summed E-state index contributed by atoms with van der Waals surface area (Å²) in [6, 6.07) is 0. The molecule has 0 radical (unpaired) electrons. The number of rotatable bonds is 11. The van der Waals surface area contributed by atoms with Gasteiger partial charge in [-0.1, -0.05) is 45.6 Å². The van der Waals surface area contributed by atoms with Crippen LogP contribution in [0.2, 0.25) is 0 Å². The minimum Gasteiger partial charge on any atom is -0.466 e. The maximum atomic E-state index is 12.1. The SMILES string of the molecule is CCCC/C=C/C(=O)C(CCCC)CC(=O)OCC. The molecule has 0 aliphatic carbocycles. The van der Waals surface area contributed by atoms with Gasteiger partial charge in [0, 0.05) is 5.92 Å². The fraction of sp³-hybridized carbons (Fsp3) is 0.750. The standard InChI is InChI=1S/C16H28O3/c1-4-7-9-10-12-15(17)14(11-8-5-2)13-16(18)19-6-3/h10,12,14H,4-9,11,13H2,1-3H3/b12-10+. The number of ether oxygens (including phenoxy) is 1. The van der Waals surface area contributed by atoms with Gasteiger partial charge in [-0.15, -0.1) is 0 Å². The lowest BCUT2D eigenvalue weighted by Gasteiger charge is -2.12. The molecule has 0 aliphatic heterocycles. The quantitative estimate of drug-likeness (QED) is 0.322. The summed E-state index contributed by atoms with van der Waals surface area (Å²) in [5, 5.41) is 0. The van der Waals surface area contributed by atoms with Crippen LogP contribution in [0.3, 0.4) is 0 Å². The minimum absolute atomic E-state index is 0.0672. The molecule has 0 bridgehead atoms. The predicted octanol–water partition coefficient (Wildman–Crippen LogP) is 4.06. The van der Waals surface area contributed by atoms with E-state index in [1.807, 2.05) is 6.08 Å². The summed E-state index contributed by atoms with van der Waals surface area (Å²) in [6.45, 7) is 6.37. The van der Waals surface area contributed by atoms with Gasteiger partial charge in [0.05, 0.1) is 13.0 Å². The monoisotopic (exact) mass is 268 g/mol. The average molecular weight is 268 g/mol. The van der Waals surface area contributed by atoms with Crippen LogP contribution in [-0.4, -0.2) is 18.4 Å². The third-order valence-electron chi connectivity index (χ3n) is 3.03. The molecular weight excluding hydrogens is 240 g/mol. The molecule has 0 aromatic carbocycles. The number of hydrogen-bond donors (Lipinski definition) is 0. The van der Waals surface area contributed by atoms with Crippen molar-refractivity contribution in [3.8, 4) is 0 Å². The lowest BCUT2D eigenvalue weighted by molar-refractivity contribution is -0.145. The van der Waals surface area contributed by atoms with E-state index in [9.17, 15) is 9.59 Å². The zero-order chi connectivity index (χ0) is 14.5. The van der Waals surface area contributed by atoms with Crippen LogP contribution < -0.4 is 0 Å². The van der Waals surface area contributed by atoms with Crippen molar-refractivity contribution in [1.82, 2.24) is 0 Å². The highest BCUT2D eigenvalue weighted by Crippen LogP contribution is 2.16. The van der Waals surface area contributed by atoms with Gasteiger partial charge in [-0.3, -0.25) is 9.59 Å². The van der Waals surface area contributed by atoms with Crippen molar-refractivity contribution in [2.75, 3.05) is 6.61 Å². The molecule has 1 unspecified atom stereocenters. The van der Waals surface area contributed by atoms with Gasteiger partial charge in [-0.25, -0.2) is 0 Å². The summed E-state index contributed by atoms with van der Waals surface area (Å²) >= 11 is 0. The van der Waals surface area contributed by atoms with Crippen LogP contribution in [-0.2, 0) is 14.3 Å². The number of allylic oxidation sites excluding steroid dienone is 2. The molecule has 1 atom stereocenters. The van der Waals surface area contributed by atoms with E-state index in [0.29, 0.717) is 6.61 Å². The van der Waals surface area contributed by atoms with Crippen molar-refractivity contribution >= 4 is 11.8 Å². The molecule has 0 aromatic heterocycles. The van der Waals surface area contributed by atoms with Crippen molar-refractivity contribution < 1.29 is 14.3 Å². The molecular formula is C16H28O3. The molecule has 0 saturated carbocycles. The highest BCUT2D eigenvalue weighted by Gasteiger charge is 2.19. The predicted molar refractivity (Wildman–Crippen MR) is 77.9 cm³/mol. The number of hydrogen-bond acceptors (Lipinski definition) is 3. The van der Waals surface area contributed by atoms with Gasteiger partial charge in [0.1, 0.15) is 0 Å². The van der Waals surface area contributed by atoms with E-state index in [1.165, 1.54) is 0 Å². The van der Waals surface area contributed by atoms with Crippen LogP contribution in [0.4, 0.5) is 0 Å². The summed E-state index contributed by atoms with van der Waals surface area (Å²) in [5.41, 5.74) is 0. The van der Waals surface area contributed by atoms with Gasteiger partial charge in [0.2, 0.25) is 0 Å². The first kappa shape index (κ1) is 17.9. The van der Waals surface area contributed by atoms with Gasteiger partial charge < -0.3 is 4.74 Å². The molecule has 0 fully saturated rings. The molecule has 3 nitrogen and oxygen atoms in total. The zero-order valence-electron chi connectivity index (χ0n) is 12.6. The van der Waals surface area contributed by atoms with E-state index < -0.39 is 0 Å². The van der Waals surface area contributed by atoms with E-state index in [-0.39, 0.29) is 24.1 Å². The Morgan fingerprint density at radius 1 is 1.11 bits per heavy atom. The Morgan fingerprint density at radius 2 is 1.79 bits per heavy atom. The largest absolute Gasteiger partial charge is 0.466 e. The Bertz CT molecular complexity index is 282. The molecule has 110 valence electrons. The van der Waals surface area contributed by atoms with Crippen molar-refractivity contribution in [1.29, 1.82) is 0 Å². The molecule has 0 N–H and O–H groups in total. The second-order valence-corrected chi connectivity index (χ2v) is 4.80. The zero-order valence-corrected chi connectivity index (χ0v) is 12.6. The highest BCUT2D eigenvalue weighted by molar-refractivity contribution is 5.93. The van der Waals surface area contributed by atoms with Crippen molar-refractivity contribution in [3.05, 3.63) is 12.2 Å². The molecule has 19 heavy (non-hydrogen) atoms. The van der Waals surface area contributed by atoms with Gasteiger partial charge in [-0.05, 0) is 25.8 Å². The first-order chi connectivity index (χ1) is 9.15. The van der Waals surface area contributed by atoms with E-state index >= 15 is 0 Å². The molecule has 0 aliphatic rings. The smallest absolute Gasteiger partial charge is 0.306 e. The summed E-state index contributed by atoms with van der Waals surface area (Å²) in [5.74, 6) is -0.409. The normalized spacial score (nSPS) is 12.6. The Kier molecular flexibility index (Phi) is 11.2. The lowest BCUT2D eigenvalue weighted by atomic mass is 9.93. The third-order valence-corrected chi connectivity index (χ3v) is 3.03. The Balaban J connectivity index is 4.33. The molecule has 0 saturated heterocycles. The number of carbonyl (C=O) groups excluding carboxylic acids is 2. The van der Waals surface area contributed by atoms with Crippen molar-refractivity contribution in [3.63, 3.8) is 0 Å². The fourth-order valence-corrected chi connectivity index (χ4v) is 1.87. The summed E-state index contributed by atoms with van der Waals surface area (Å²) in [7, 11) is 0. The Labute approximate surface area is 117 Å². The van der Waals surface area contributed by atoms with Crippen LogP contribution >= 0.6 is 0 Å². The molecule has 0 rings (SSSR count). The van der Waals surface area contributed by atoms with Gasteiger partial charge in [0.15, 0.2) is 5.78 Å². The second kappa shape index (κ2) is 11.9. The van der Waals surface area contributed by atoms with Gasteiger partial charge in [-0.2, -0.15) is 0 Å². The van der Waals surface area contributed by atoms with E-state index in [4.69, 9.17) is 4.74 Å². The average Bonchev–Trinajstić information content (AvgIpc) is 2.39. The second-order valence-electron chi connectivity index (χ2n) is 4.80. The number of unbranched alkanes of at least 4 members (excludes halogenated alkanes) is 3. The van der Waals surface area contributed by atoms with Crippen molar-refractivity contribution in [2.45, 2.75) is 65.7 Å². The maximum Gasteiger partial charge on any atom is 0.306 e. The molecule has 0 amide bonds. The third kappa shape index (κ3) is 9.46. The van der Waals surface area contributed by atoms with E-state index in [1.54, 1.807) is 13.0 Å². The van der Waals surface area contributed by atoms with Gasteiger partial charge in [0.25, 0.3) is 0 Å². The summed E-state index contributed by atoms with van der Waals surface area (Å²) in [4.78, 5) is 23.6. The lowest BCUT2D eigenvalue weighted by Crippen LogP contribution is -2.18. The topological polar surface area (TPSA) is 43.4 Å². The first-order valence-electron chi connectivity index (χ1n) is 7.51. The molecule has 0 aromatic rings. The fourth-order valence-electron chi connectivity index (χ4n) is 1.87. The molecule has 0 spiro atoms. The van der Waals surface area contributed by atoms with Crippen LogP contribution in [0.15, 0.2) is 12.2 Å². The van der Waals surface area contributed by atoms with E-state index in [0.717, 1.165) is 38.5 Å². The first-order valence-corrected chi connectivity index (χ1v) is 7.51. The van der Waals surface area contributed by atoms with Crippen LogP contribution in [0.1, 0.15) is 65.7 Å². The number of ketones is 1. The molecule has 3 heteroatoms. The van der Waals surface area contributed by atoms with Crippen LogP contribution in [0.5, 0.6) is 0 Å². The Morgan fingerprint density at radius 3 is 2.37 bits per heavy atom. The Hall–Kier alpha value is -1.12. The molecule has 0 heterocycles. The summed E-state index contributed by atoms with van der Waals surface area (Å²) in [6.07, 6.45) is 9.72. The maximum absolute atomic E-state index is 12.1. The van der Waals surface area contributed by atoms with Crippen LogP contribution in [0, 0.1) is 5.92 Å². The number of esters is 1. The van der Waals surface area contributed by atoms with Crippen molar-refractivity contribution in [2.24, 2.45) is 5.92 Å². The van der Waals surface area contributed by atoms with Gasteiger partial charge >= 0.3 is 5.97 Å². The summed E-state index contributed by atoms with van der Waals surface area (Å²) < 4.78 is 4.93. The van der Waals surface area contributed by atoms with Crippen LogP contribution in [0.25, 0.3) is 0 Å². The number of carbonyl (C=O) groups is 2.